The first-order valence-electron chi connectivity index (χ1n) is 8.70. The summed E-state index contributed by atoms with van der Waals surface area (Å²) in [5.74, 6) is 0. The molecule has 1 aromatic heterocycles. The first-order chi connectivity index (χ1) is 10.7. The molecule has 22 heavy (non-hydrogen) atoms. The third-order valence-electron chi connectivity index (χ3n) is 5.85. The Labute approximate surface area is 133 Å². The van der Waals surface area contributed by atoms with Gasteiger partial charge in [-0.3, -0.25) is 0 Å². The molecule has 1 spiro atoms. The van der Waals surface area contributed by atoms with Crippen LogP contribution in [-0.2, 0) is 12.0 Å². The summed E-state index contributed by atoms with van der Waals surface area (Å²) in [7, 11) is 4.44. The van der Waals surface area contributed by atoms with Crippen LogP contribution in [0.2, 0.25) is 0 Å². The van der Waals surface area contributed by atoms with Crippen molar-refractivity contribution in [3.05, 3.63) is 29.1 Å². The van der Waals surface area contributed by atoms with Crippen LogP contribution in [0.5, 0.6) is 0 Å². The standard InChI is InChI=1S/C18H28N4/c1-21-9-4-14(5-10-21)17-13-15-16(20-17)3-8-19-18(15)6-11-22(2)12-7-18/h4,13,19-20H,3,5-12H2,1-2H3. The van der Waals surface area contributed by atoms with Gasteiger partial charge in [0.25, 0.3) is 0 Å². The van der Waals surface area contributed by atoms with Gasteiger partial charge in [0.1, 0.15) is 0 Å². The lowest BCUT2D eigenvalue weighted by Crippen LogP contribution is -2.53. The Morgan fingerprint density at radius 3 is 2.59 bits per heavy atom. The molecule has 1 fully saturated rings. The van der Waals surface area contributed by atoms with E-state index in [0.717, 1.165) is 19.5 Å². The average molecular weight is 300 g/mol. The molecule has 0 saturated carbocycles. The summed E-state index contributed by atoms with van der Waals surface area (Å²) in [6.07, 6.45) is 7.17. The number of likely N-dealkylation sites (N-methyl/N-ethyl adjacent to an activating group) is 1. The fourth-order valence-corrected chi connectivity index (χ4v) is 4.28. The van der Waals surface area contributed by atoms with Crippen LogP contribution in [0.25, 0.3) is 5.57 Å². The summed E-state index contributed by atoms with van der Waals surface area (Å²) in [6.45, 7) is 5.75. The third kappa shape index (κ3) is 2.43. The van der Waals surface area contributed by atoms with Gasteiger partial charge >= 0.3 is 0 Å². The number of aromatic amines is 1. The predicted octanol–water partition coefficient (Wildman–Crippen LogP) is 1.80. The molecule has 2 N–H and O–H groups in total. The fraction of sp³-hybridized carbons (Fsp3) is 0.667. The van der Waals surface area contributed by atoms with E-state index in [1.165, 1.54) is 55.9 Å². The molecule has 3 aliphatic heterocycles. The Kier molecular flexibility index (Phi) is 3.63. The Hall–Kier alpha value is -1.10. The fourth-order valence-electron chi connectivity index (χ4n) is 4.28. The highest BCUT2D eigenvalue weighted by Crippen LogP contribution is 2.39. The van der Waals surface area contributed by atoms with E-state index >= 15 is 0 Å². The minimum atomic E-state index is 0.223. The molecule has 4 nitrogen and oxygen atoms in total. The van der Waals surface area contributed by atoms with Crippen LogP contribution in [0.1, 0.15) is 36.2 Å². The average Bonchev–Trinajstić information content (AvgIpc) is 2.97. The van der Waals surface area contributed by atoms with Gasteiger partial charge in [-0.05, 0) is 63.7 Å². The van der Waals surface area contributed by atoms with Gasteiger partial charge in [-0.25, -0.2) is 0 Å². The number of likely N-dealkylation sites (tertiary alicyclic amines) is 1. The molecule has 0 bridgehead atoms. The number of nitrogens with one attached hydrogen (secondary N) is 2. The van der Waals surface area contributed by atoms with E-state index in [9.17, 15) is 0 Å². The number of nitrogens with zero attached hydrogens (tertiary/aromatic N) is 2. The normalized spacial score (nSPS) is 26.0. The third-order valence-corrected chi connectivity index (χ3v) is 5.85. The van der Waals surface area contributed by atoms with Gasteiger partial charge in [-0.15, -0.1) is 0 Å². The van der Waals surface area contributed by atoms with Crippen LogP contribution in [0.15, 0.2) is 12.1 Å². The molecule has 0 aromatic carbocycles. The lowest BCUT2D eigenvalue weighted by atomic mass is 9.78. The molecule has 1 saturated heterocycles. The highest BCUT2D eigenvalue weighted by Gasteiger charge is 2.39. The topological polar surface area (TPSA) is 34.3 Å². The second-order valence-corrected chi connectivity index (χ2v) is 7.38. The van der Waals surface area contributed by atoms with E-state index in [0.29, 0.717) is 0 Å². The molecule has 3 aliphatic rings. The quantitative estimate of drug-likeness (QED) is 0.830. The molecule has 0 radical (unpaired) electrons. The number of H-pyrrole nitrogens is 1. The van der Waals surface area contributed by atoms with E-state index in [1.807, 2.05) is 0 Å². The number of piperidine rings is 1. The second kappa shape index (κ2) is 5.52. The summed E-state index contributed by atoms with van der Waals surface area (Å²) < 4.78 is 0. The summed E-state index contributed by atoms with van der Waals surface area (Å²) in [4.78, 5) is 8.59. The largest absolute Gasteiger partial charge is 0.358 e. The SMILES string of the molecule is CN1CC=C(c2cc3c([nH]2)CCNC32CCN(C)CC2)CC1. The van der Waals surface area contributed by atoms with Crippen molar-refractivity contribution in [3.8, 4) is 0 Å². The van der Waals surface area contributed by atoms with Gasteiger partial charge in [-0.1, -0.05) is 6.08 Å². The van der Waals surface area contributed by atoms with Crippen LogP contribution in [0.4, 0.5) is 0 Å². The maximum absolute atomic E-state index is 3.86. The lowest BCUT2D eigenvalue weighted by molar-refractivity contribution is 0.150. The molecule has 0 unspecified atom stereocenters. The maximum atomic E-state index is 3.86. The zero-order chi connectivity index (χ0) is 15.2. The van der Waals surface area contributed by atoms with Gasteiger partial charge in [0.2, 0.25) is 0 Å². The number of fused-ring (bicyclic) bond motifs is 2. The van der Waals surface area contributed by atoms with Crippen LogP contribution < -0.4 is 5.32 Å². The lowest BCUT2D eigenvalue weighted by Gasteiger charge is -2.44. The van der Waals surface area contributed by atoms with Gasteiger partial charge in [-0.2, -0.15) is 0 Å². The molecular weight excluding hydrogens is 272 g/mol. The highest BCUT2D eigenvalue weighted by molar-refractivity contribution is 5.66. The Morgan fingerprint density at radius 2 is 1.86 bits per heavy atom. The van der Waals surface area contributed by atoms with Gasteiger partial charge in [0, 0.05) is 43.0 Å². The summed E-state index contributed by atoms with van der Waals surface area (Å²) in [5, 5.41) is 3.86. The van der Waals surface area contributed by atoms with E-state index in [1.54, 1.807) is 5.56 Å². The van der Waals surface area contributed by atoms with E-state index in [2.05, 4.69) is 46.3 Å². The number of aromatic nitrogens is 1. The van der Waals surface area contributed by atoms with E-state index in [-0.39, 0.29) is 5.54 Å². The van der Waals surface area contributed by atoms with Crippen molar-refractivity contribution in [1.29, 1.82) is 0 Å². The van der Waals surface area contributed by atoms with Crippen molar-refractivity contribution in [1.82, 2.24) is 20.1 Å². The number of rotatable bonds is 1. The Morgan fingerprint density at radius 1 is 1.05 bits per heavy atom. The monoisotopic (exact) mass is 300 g/mol. The zero-order valence-corrected chi connectivity index (χ0v) is 13.9. The molecule has 1 aromatic rings. The molecule has 4 heteroatoms. The zero-order valence-electron chi connectivity index (χ0n) is 13.9. The summed E-state index contributed by atoms with van der Waals surface area (Å²) in [5.41, 5.74) is 6.15. The van der Waals surface area contributed by atoms with Gasteiger partial charge < -0.3 is 20.1 Å². The van der Waals surface area contributed by atoms with Crippen LogP contribution in [0.3, 0.4) is 0 Å². The smallest absolute Gasteiger partial charge is 0.0477 e. The van der Waals surface area contributed by atoms with Crippen LogP contribution in [0, 0.1) is 0 Å². The molecular formula is C18H28N4. The summed E-state index contributed by atoms with van der Waals surface area (Å²) >= 11 is 0. The molecule has 4 rings (SSSR count). The molecule has 120 valence electrons. The Bertz CT molecular complexity index is 578. The molecule has 0 aliphatic carbocycles. The first-order valence-corrected chi connectivity index (χ1v) is 8.70. The maximum Gasteiger partial charge on any atom is 0.0477 e. The van der Waals surface area contributed by atoms with E-state index < -0.39 is 0 Å². The van der Waals surface area contributed by atoms with Crippen molar-refractivity contribution < 1.29 is 0 Å². The first kappa shape index (κ1) is 14.5. The number of hydrogen-bond acceptors (Lipinski definition) is 3. The van der Waals surface area contributed by atoms with Crippen molar-refractivity contribution in [2.45, 2.75) is 31.2 Å². The van der Waals surface area contributed by atoms with Gasteiger partial charge in [0.15, 0.2) is 0 Å². The van der Waals surface area contributed by atoms with Gasteiger partial charge in [0.05, 0.1) is 0 Å². The highest BCUT2D eigenvalue weighted by atomic mass is 15.1. The van der Waals surface area contributed by atoms with Crippen molar-refractivity contribution >= 4 is 5.57 Å². The predicted molar refractivity (Wildman–Crippen MR) is 91.0 cm³/mol. The van der Waals surface area contributed by atoms with Crippen molar-refractivity contribution in [2.75, 3.05) is 46.8 Å². The van der Waals surface area contributed by atoms with Crippen molar-refractivity contribution in [2.24, 2.45) is 0 Å². The Balaban J connectivity index is 1.65. The molecule has 0 atom stereocenters. The van der Waals surface area contributed by atoms with Crippen LogP contribution >= 0.6 is 0 Å². The van der Waals surface area contributed by atoms with Crippen molar-refractivity contribution in [3.63, 3.8) is 0 Å². The number of hydrogen-bond donors (Lipinski definition) is 2. The molecule has 0 amide bonds. The minimum absolute atomic E-state index is 0.223. The van der Waals surface area contributed by atoms with Crippen LogP contribution in [-0.4, -0.2) is 61.6 Å². The van der Waals surface area contributed by atoms with E-state index in [4.69, 9.17) is 0 Å². The second-order valence-electron chi connectivity index (χ2n) is 7.38. The minimum Gasteiger partial charge on any atom is -0.358 e. The molecule has 4 heterocycles. The summed E-state index contributed by atoms with van der Waals surface area (Å²) in [6, 6.07) is 2.46.